The topological polar surface area (TPSA) is 69.9 Å². The van der Waals surface area contributed by atoms with Gasteiger partial charge in [-0.1, -0.05) is 6.07 Å². The van der Waals surface area contributed by atoms with Gasteiger partial charge in [-0.2, -0.15) is 5.10 Å². The summed E-state index contributed by atoms with van der Waals surface area (Å²) in [6.07, 6.45) is 3.93. The van der Waals surface area contributed by atoms with Gasteiger partial charge in [0.15, 0.2) is 5.88 Å². The third-order valence-electron chi connectivity index (χ3n) is 4.37. The quantitative estimate of drug-likeness (QED) is 0.626. The van der Waals surface area contributed by atoms with Crippen molar-refractivity contribution in [2.45, 2.75) is 26.7 Å². The first-order valence-electron chi connectivity index (χ1n) is 8.59. The van der Waals surface area contributed by atoms with E-state index < -0.39 is 0 Å². The van der Waals surface area contributed by atoms with E-state index in [0.29, 0.717) is 5.76 Å². The molecule has 2 aromatic rings. The zero-order chi connectivity index (χ0) is 17.6. The van der Waals surface area contributed by atoms with Crippen LogP contribution >= 0.6 is 0 Å². The molecule has 3 rings (SSSR count). The van der Waals surface area contributed by atoms with Gasteiger partial charge in [0.1, 0.15) is 5.76 Å². The van der Waals surface area contributed by atoms with Crippen molar-refractivity contribution in [2.24, 2.45) is 5.10 Å². The van der Waals surface area contributed by atoms with Gasteiger partial charge in [-0.05, 0) is 56.0 Å². The third-order valence-corrected chi connectivity index (χ3v) is 4.37. The molecule has 1 aromatic carbocycles. The Morgan fingerprint density at radius 1 is 1.20 bits per heavy atom. The number of nitrogens with zero attached hydrogens (tertiary/aromatic N) is 2. The summed E-state index contributed by atoms with van der Waals surface area (Å²) in [4.78, 5) is 14.1. The van der Waals surface area contributed by atoms with Crippen LogP contribution in [0.1, 0.15) is 29.7 Å². The maximum absolute atomic E-state index is 11.8. The molecule has 1 aliphatic heterocycles. The molecule has 25 heavy (non-hydrogen) atoms. The minimum absolute atomic E-state index is 0.164. The number of hydrazone groups is 1. The first kappa shape index (κ1) is 17.1. The lowest BCUT2D eigenvalue weighted by Crippen LogP contribution is -2.25. The van der Waals surface area contributed by atoms with E-state index >= 15 is 0 Å². The number of anilines is 2. The summed E-state index contributed by atoms with van der Waals surface area (Å²) >= 11 is 0. The summed E-state index contributed by atoms with van der Waals surface area (Å²) in [7, 11) is 0. The Balaban J connectivity index is 1.45. The zero-order valence-corrected chi connectivity index (χ0v) is 14.7. The largest absolute Gasteiger partial charge is 0.440 e. The van der Waals surface area contributed by atoms with E-state index in [9.17, 15) is 4.79 Å². The molecule has 0 radical (unpaired) electrons. The highest BCUT2D eigenvalue weighted by Crippen LogP contribution is 2.21. The smallest absolute Gasteiger partial charge is 0.259 e. The van der Waals surface area contributed by atoms with Crippen molar-refractivity contribution in [1.82, 2.24) is 5.43 Å². The highest BCUT2D eigenvalue weighted by molar-refractivity contribution is 5.83. The van der Waals surface area contributed by atoms with Crippen LogP contribution in [0.2, 0.25) is 0 Å². The monoisotopic (exact) mass is 340 g/mol. The number of hydrogen-bond acceptors (Lipinski definition) is 5. The average molecular weight is 340 g/mol. The number of aryl methyl sites for hydroxylation is 2. The molecule has 6 heteroatoms. The summed E-state index contributed by atoms with van der Waals surface area (Å²) < 4.78 is 5.71. The van der Waals surface area contributed by atoms with Gasteiger partial charge in [-0.25, -0.2) is 5.43 Å². The van der Waals surface area contributed by atoms with Gasteiger partial charge >= 0.3 is 0 Å². The van der Waals surface area contributed by atoms with Crippen LogP contribution in [0.15, 0.2) is 39.9 Å². The van der Waals surface area contributed by atoms with Crippen molar-refractivity contribution in [3.05, 3.63) is 47.2 Å². The normalized spacial score (nSPS) is 14.2. The molecule has 0 spiro atoms. The maximum Gasteiger partial charge on any atom is 0.259 e. The molecule has 6 nitrogen and oxygen atoms in total. The van der Waals surface area contributed by atoms with Crippen LogP contribution in [0.3, 0.4) is 0 Å². The Hall–Kier alpha value is -2.76. The van der Waals surface area contributed by atoms with Crippen LogP contribution in [0.5, 0.6) is 0 Å². The molecule has 0 unspecified atom stereocenters. The average Bonchev–Trinajstić information content (AvgIpc) is 3.27. The predicted octanol–water partition coefficient (Wildman–Crippen LogP) is 3.06. The fourth-order valence-corrected chi connectivity index (χ4v) is 2.76. The second kappa shape index (κ2) is 7.88. The molecule has 0 bridgehead atoms. The van der Waals surface area contributed by atoms with Crippen molar-refractivity contribution in [3.8, 4) is 0 Å². The number of carbonyl (C=O) groups excluding carboxylic acids is 1. The van der Waals surface area contributed by atoms with E-state index in [-0.39, 0.29) is 12.5 Å². The molecule has 0 aliphatic carbocycles. The second-order valence-electron chi connectivity index (χ2n) is 6.32. The molecule has 1 fully saturated rings. The first-order chi connectivity index (χ1) is 12.1. The van der Waals surface area contributed by atoms with E-state index in [1.165, 1.54) is 30.2 Å². The van der Waals surface area contributed by atoms with E-state index in [4.69, 9.17) is 4.42 Å². The number of carbonyl (C=O) groups is 1. The minimum atomic E-state index is -0.208. The van der Waals surface area contributed by atoms with Crippen molar-refractivity contribution in [2.75, 3.05) is 29.9 Å². The molecule has 1 aromatic heterocycles. The van der Waals surface area contributed by atoms with Gasteiger partial charge in [0, 0.05) is 24.8 Å². The molecule has 132 valence electrons. The number of furan rings is 1. The van der Waals surface area contributed by atoms with Gasteiger partial charge in [-0.15, -0.1) is 0 Å². The Kier molecular flexibility index (Phi) is 5.38. The minimum Gasteiger partial charge on any atom is -0.440 e. The number of benzene rings is 1. The fraction of sp³-hybridized carbons (Fsp3) is 0.368. The Labute approximate surface area is 147 Å². The lowest BCUT2D eigenvalue weighted by atomic mass is 10.1. The van der Waals surface area contributed by atoms with E-state index in [1.807, 2.05) is 37.3 Å². The number of nitrogens with one attached hydrogen (secondary N) is 2. The van der Waals surface area contributed by atoms with Gasteiger partial charge in [0.05, 0.1) is 12.8 Å². The van der Waals surface area contributed by atoms with Crippen LogP contribution in [0.25, 0.3) is 0 Å². The molecule has 2 heterocycles. The SMILES string of the molecule is Cc1ccc(NCC(=O)N/N=C\c2ccc(N3CCCC3)o2)cc1C. The summed E-state index contributed by atoms with van der Waals surface area (Å²) in [5, 5.41) is 7.03. The summed E-state index contributed by atoms with van der Waals surface area (Å²) in [6, 6.07) is 9.81. The molecule has 2 N–H and O–H groups in total. The number of amides is 1. The maximum atomic E-state index is 11.8. The van der Waals surface area contributed by atoms with Crippen molar-refractivity contribution < 1.29 is 9.21 Å². The van der Waals surface area contributed by atoms with Crippen LogP contribution < -0.4 is 15.6 Å². The highest BCUT2D eigenvalue weighted by atomic mass is 16.4. The predicted molar refractivity (Wildman–Crippen MR) is 100 cm³/mol. The molecule has 0 saturated carbocycles. The Morgan fingerprint density at radius 2 is 2.00 bits per heavy atom. The second-order valence-corrected chi connectivity index (χ2v) is 6.32. The molecule has 1 saturated heterocycles. The summed E-state index contributed by atoms with van der Waals surface area (Å²) in [5.74, 6) is 1.28. The van der Waals surface area contributed by atoms with Gasteiger partial charge in [0.25, 0.3) is 5.91 Å². The van der Waals surface area contributed by atoms with Crippen molar-refractivity contribution in [1.29, 1.82) is 0 Å². The Morgan fingerprint density at radius 3 is 2.76 bits per heavy atom. The zero-order valence-electron chi connectivity index (χ0n) is 14.7. The molecular weight excluding hydrogens is 316 g/mol. The van der Waals surface area contributed by atoms with Crippen LogP contribution in [-0.2, 0) is 4.79 Å². The summed E-state index contributed by atoms with van der Waals surface area (Å²) in [6.45, 7) is 6.34. The molecular formula is C19H24N4O2. The van der Waals surface area contributed by atoms with E-state index in [0.717, 1.165) is 24.7 Å². The number of rotatable bonds is 6. The van der Waals surface area contributed by atoms with Gasteiger partial charge in [-0.3, -0.25) is 4.79 Å². The number of hydrogen-bond donors (Lipinski definition) is 2. The van der Waals surface area contributed by atoms with E-state index in [2.05, 4.69) is 27.7 Å². The van der Waals surface area contributed by atoms with Crippen LogP contribution in [-0.4, -0.2) is 31.8 Å². The molecule has 1 amide bonds. The van der Waals surface area contributed by atoms with E-state index in [1.54, 1.807) is 0 Å². The third kappa shape index (κ3) is 4.62. The van der Waals surface area contributed by atoms with Gasteiger partial charge in [0.2, 0.25) is 0 Å². The first-order valence-corrected chi connectivity index (χ1v) is 8.59. The standard InChI is InChI=1S/C19H24N4O2/c1-14-5-6-16(11-15(14)2)20-13-18(24)22-21-12-17-7-8-19(25-17)23-9-3-4-10-23/h5-8,11-12,20H,3-4,9-10,13H2,1-2H3,(H,22,24)/b21-12-. The van der Waals surface area contributed by atoms with Crippen molar-refractivity contribution >= 4 is 23.7 Å². The highest BCUT2D eigenvalue weighted by Gasteiger charge is 2.15. The van der Waals surface area contributed by atoms with Crippen LogP contribution in [0, 0.1) is 13.8 Å². The molecule has 1 aliphatic rings. The Bertz CT molecular complexity index is 761. The van der Waals surface area contributed by atoms with Crippen molar-refractivity contribution in [3.63, 3.8) is 0 Å². The van der Waals surface area contributed by atoms with Crippen LogP contribution in [0.4, 0.5) is 11.6 Å². The van der Waals surface area contributed by atoms with Gasteiger partial charge < -0.3 is 14.6 Å². The lowest BCUT2D eigenvalue weighted by Gasteiger charge is -2.12. The lowest BCUT2D eigenvalue weighted by molar-refractivity contribution is -0.119. The summed E-state index contributed by atoms with van der Waals surface area (Å²) in [5.41, 5.74) is 5.84. The fourth-order valence-electron chi connectivity index (χ4n) is 2.76. The molecule has 0 atom stereocenters.